The van der Waals surface area contributed by atoms with Gasteiger partial charge in [0.15, 0.2) is 5.82 Å². The molecule has 0 spiro atoms. The van der Waals surface area contributed by atoms with Crippen LogP contribution in [-0.4, -0.2) is 19.9 Å². The molecule has 0 unspecified atom stereocenters. The molecule has 268 valence electrons. The van der Waals surface area contributed by atoms with Gasteiger partial charge in [0.1, 0.15) is 0 Å². The third-order valence-electron chi connectivity index (χ3n) is 10.6. The van der Waals surface area contributed by atoms with Crippen LogP contribution in [0.25, 0.3) is 100 Å². The average Bonchev–Trinajstić information content (AvgIpc) is 3.29. The summed E-state index contributed by atoms with van der Waals surface area (Å²) in [4.78, 5) is 20.3. The average molecular weight is 729 g/mol. The van der Waals surface area contributed by atoms with Gasteiger partial charge in [0.2, 0.25) is 0 Å². The predicted octanol–water partition coefficient (Wildman–Crippen LogP) is 13.6. The summed E-state index contributed by atoms with van der Waals surface area (Å²) in [5.74, 6) is 0.699. The number of aryl methyl sites for hydroxylation is 1. The number of fused-ring (bicyclic) bond motifs is 3. The lowest BCUT2D eigenvalue weighted by atomic mass is 9.96. The summed E-state index contributed by atoms with van der Waals surface area (Å²) in [7, 11) is 0. The fraction of sp³-hybridized carbons (Fsp3) is 0.0189. The van der Waals surface area contributed by atoms with Gasteiger partial charge in [-0.25, -0.2) is 15.0 Å². The topological polar surface area (TPSA) is 51.6 Å². The summed E-state index contributed by atoms with van der Waals surface area (Å²) in [5.41, 5.74) is 16.6. The van der Waals surface area contributed by atoms with Gasteiger partial charge < -0.3 is 0 Å². The normalized spacial score (nSPS) is 11.2. The molecule has 0 saturated carbocycles. The summed E-state index contributed by atoms with van der Waals surface area (Å²) in [6.45, 7) is 2.06. The maximum atomic E-state index is 5.12. The van der Waals surface area contributed by atoms with Crippen LogP contribution in [0.5, 0.6) is 0 Å². The Morgan fingerprint density at radius 1 is 0.298 bits per heavy atom. The van der Waals surface area contributed by atoms with E-state index >= 15 is 0 Å². The first-order valence-electron chi connectivity index (χ1n) is 19.2. The van der Waals surface area contributed by atoms with Crippen molar-refractivity contribution in [3.63, 3.8) is 0 Å². The molecular weight excluding hydrogens is 693 g/mol. The Morgan fingerprint density at radius 2 is 0.737 bits per heavy atom. The molecule has 0 radical (unpaired) electrons. The summed E-state index contributed by atoms with van der Waals surface area (Å²) < 4.78 is 0. The molecule has 0 bridgehead atoms. The number of hydrogen-bond donors (Lipinski definition) is 0. The molecule has 0 amide bonds. The van der Waals surface area contributed by atoms with Crippen LogP contribution < -0.4 is 0 Å². The largest absolute Gasteiger partial charge is 0.251 e. The Kier molecular flexibility index (Phi) is 8.69. The molecule has 0 atom stereocenters. The van der Waals surface area contributed by atoms with Crippen molar-refractivity contribution in [2.75, 3.05) is 0 Å². The molecule has 57 heavy (non-hydrogen) atoms. The first-order chi connectivity index (χ1) is 28.1. The Balaban J connectivity index is 0.965. The van der Waals surface area contributed by atoms with Gasteiger partial charge in [0.25, 0.3) is 0 Å². The van der Waals surface area contributed by atoms with Crippen molar-refractivity contribution in [3.8, 4) is 78.5 Å². The second kappa shape index (κ2) is 14.6. The highest BCUT2D eigenvalue weighted by atomic mass is 14.9. The Morgan fingerprint density at radius 3 is 1.32 bits per heavy atom. The van der Waals surface area contributed by atoms with Crippen LogP contribution in [0.15, 0.2) is 200 Å². The van der Waals surface area contributed by atoms with Crippen LogP contribution >= 0.6 is 0 Å². The zero-order valence-electron chi connectivity index (χ0n) is 31.3. The van der Waals surface area contributed by atoms with Gasteiger partial charge >= 0.3 is 0 Å². The highest BCUT2D eigenvalue weighted by Crippen LogP contribution is 2.35. The summed E-state index contributed by atoms with van der Waals surface area (Å²) >= 11 is 0. The Labute approximate surface area is 331 Å². The van der Waals surface area contributed by atoms with Gasteiger partial charge in [-0.2, -0.15) is 0 Å². The summed E-state index contributed by atoms with van der Waals surface area (Å²) in [5, 5.41) is 2.17. The molecule has 0 aliphatic rings. The monoisotopic (exact) mass is 728 g/mol. The summed E-state index contributed by atoms with van der Waals surface area (Å²) in [6.07, 6.45) is 0. The van der Waals surface area contributed by atoms with E-state index in [1.165, 1.54) is 5.56 Å². The number of pyridine rings is 2. The maximum Gasteiger partial charge on any atom is 0.160 e. The molecule has 0 aliphatic heterocycles. The molecule has 4 heteroatoms. The SMILES string of the molecule is Cc1cc(-c2ccc(-c3ccc(-c4cc(-c5ccccc5)nc(-c5ccc(-c6ccccc6)cc5)n4)cc3)cc2)c2ccc3ccc(-c4ccccc4)nc3c2n1. The van der Waals surface area contributed by atoms with Crippen LogP contribution in [0.2, 0.25) is 0 Å². The van der Waals surface area contributed by atoms with Crippen molar-refractivity contribution in [1.82, 2.24) is 19.9 Å². The van der Waals surface area contributed by atoms with Crippen molar-refractivity contribution >= 4 is 21.8 Å². The third kappa shape index (κ3) is 6.75. The minimum Gasteiger partial charge on any atom is -0.251 e. The molecule has 4 nitrogen and oxygen atoms in total. The van der Waals surface area contributed by atoms with E-state index in [0.29, 0.717) is 5.82 Å². The van der Waals surface area contributed by atoms with E-state index in [9.17, 15) is 0 Å². The number of nitrogens with zero attached hydrogens (tertiary/aromatic N) is 4. The molecule has 0 saturated heterocycles. The van der Waals surface area contributed by atoms with Crippen molar-refractivity contribution in [1.29, 1.82) is 0 Å². The zero-order valence-corrected chi connectivity index (χ0v) is 31.3. The Hall–Kier alpha value is -7.56. The zero-order chi connectivity index (χ0) is 38.1. The van der Waals surface area contributed by atoms with Gasteiger partial charge in [-0.15, -0.1) is 0 Å². The van der Waals surface area contributed by atoms with E-state index in [-0.39, 0.29) is 0 Å². The number of benzene rings is 7. The maximum absolute atomic E-state index is 5.12. The molecule has 3 aromatic heterocycles. The fourth-order valence-corrected chi connectivity index (χ4v) is 7.61. The second-order valence-corrected chi connectivity index (χ2v) is 14.3. The molecule has 3 heterocycles. The quantitative estimate of drug-likeness (QED) is 0.153. The van der Waals surface area contributed by atoms with Gasteiger partial charge in [-0.1, -0.05) is 182 Å². The van der Waals surface area contributed by atoms with Gasteiger partial charge in [0.05, 0.1) is 28.1 Å². The van der Waals surface area contributed by atoms with Crippen molar-refractivity contribution < 1.29 is 0 Å². The highest BCUT2D eigenvalue weighted by molar-refractivity contribution is 6.08. The highest BCUT2D eigenvalue weighted by Gasteiger charge is 2.14. The smallest absolute Gasteiger partial charge is 0.160 e. The number of hydrogen-bond acceptors (Lipinski definition) is 4. The number of rotatable bonds is 7. The van der Waals surface area contributed by atoms with Gasteiger partial charge in [-0.05, 0) is 58.5 Å². The van der Waals surface area contributed by atoms with Crippen LogP contribution in [0, 0.1) is 6.92 Å². The van der Waals surface area contributed by atoms with E-state index in [0.717, 1.165) is 94.7 Å². The Bertz CT molecular complexity index is 3020. The van der Waals surface area contributed by atoms with E-state index in [1.54, 1.807) is 0 Å². The first kappa shape index (κ1) is 34.0. The summed E-state index contributed by atoms with van der Waals surface area (Å²) in [6, 6.07) is 69.9. The van der Waals surface area contributed by atoms with Crippen molar-refractivity contribution in [3.05, 3.63) is 206 Å². The first-order valence-corrected chi connectivity index (χ1v) is 19.2. The van der Waals surface area contributed by atoms with E-state index in [4.69, 9.17) is 19.9 Å². The standard InChI is InChI=1S/C53H36N4/c1-35-33-47(46-31-29-44-30-32-48(41-13-7-3-8-14-41)55-51(44)52(46)54-35)40-23-17-38(18-24-40)39-19-25-43(26-20-39)50-34-49(42-15-9-4-10-16-42)56-53(57-50)45-27-21-37(22-28-45)36-11-5-2-6-12-36/h2-34H,1H3. The molecule has 7 aromatic carbocycles. The predicted molar refractivity (Wildman–Crippen MR) is 235 cm³/mol. The minimum absolute atomic E-state index is 0.699. The molecule has 10 rings (SSSR count). The van der Waals surface area contributed by atoms with Crippen LogP contribution in [0.3, 0.4) is 0 Å². The van der Waals surface area contributed by atoms with E-state index in [2.05, 4.69) is 165 Å². The lowest BCUT2D eigenvalue weighted by Gasteiger charge is -2.12. The van der Waals surface area contributed by atoms with Crippen molar-refractivity contribution in [2.24, 2.45) is 0 Å². The van der Waals surface area contributed by atoms with Crippen LogP contribution in [-0.2, 0) is 0 Å². The molecule has 10 aromatic rings. The second-order valence-electron chi connectivity index (χ2n) is 14.3. The van der Waals surface area contributed by atoms with Crippen LogP contribution in [0.1, 0.15) is 5.69 Å². The van der Waals surface area contributed by atoms with E-state index < -0.39 is 0 Å². The minimum atomic E-state index is 0.699. The fourth-order valence-electron chi connectivity index (χ4n) is 7.61. The third-order valence-corrected chi connectivity index (χ3v) is 10.6. The van der Waals surface area contributed by atoms with E-state index in [1.807, 2.05) is 42.5 Å². The lowest BCUT2D eigenvalue weighted by Crippen LogP contribution is -1.96. The van der Waals surface area contributed by atoms with Gasteiger partial charge in [-0.3, -0.25) is 4.98 Å². The van der Waals surface area contributed by atoms with Gasteiger partial charge in [0, 0.05) is 38.7 Å². The molecular formula is C53H36N4. The molecule has 0 N–H and O–H groups in total. The van der Waals surface area contributed by atoms with Crippen LogP contribution in [0.4, 0.5) is 0 Å². The number of aromatic nitrogens is 4. The molecule has 0 fully saturated rings. The molecule has 0 aliphatic carbocycles. The lowest BCUT2D eigenvalue weighted by molar-refractivity contribution is 1.18. The van der Waals surface area contributed by atoms with Crippen molar-refractivity contribution in [2.45, 2.75) is 6.92 Å².